The maximum absolute atomic E-state index is 11.6. The third kappa shape index (κ3) is 2.27. The molecule has 1 heterocycles. The first-order valence-electron chi connectivity index (χ1n) is 3.44. The van der Waals surface area contributed by atoms with Crippen molar-refractivity contribution in [2.24, 2.45) is 7.05 Å². The van der Waals surface area contributed by atoms with Gasteiger partial charge in [-0.15, -0.1) is 0 Å². The minimum atomic E-state index is -0.349. The first kappa shape index (κ1) is 8.13. The lowest BCUT2D eigenvalue weighted by molar-refractivity contribution is 0.461. The molecule has 0 aliphatic carbocycles. The van der Waals surface area contributed by atoms with Gasteiger partial charge in [-0.25, -0.2) is 9.37 Å². The van der Waals surface area contributed by atoms with Gasteiger partial charge in [-0.05, 0) is 0 Å². The second-order valence-electron chi connectivity index (χ2n) is 2.17. The summed E-state index contributed by atoms with van der Waals surface area (Å²) >= 11 is 0. The van der Waals surface area contributed by atoms with E-state index in [1.54, 1.807) is 11.7 Å². The summed E-state index contributed by atoms with van der Waals surface area (Å²) in [6.07, 6.45) is 1.48. The standard InChI is InChI=1S/C6H11FN4/c1-11-6(9-5-10-11)4-8-3-2-7/h5,8H,2-4H2,1H3. The van der Waals surface area contributed by atoms with E-state index in [0.717, 1.165) is 5.82 Å². The third-order valence-corrected chi connectivity index (χ3v) is 1.36. The van der Waals surface area contributed by atoms with Gasteiger partial charge in [0.25, 0.3) is 0 Å². The number of aromatic nitrogens is 3. The number of nitrogens with one attached hydrogen (secondary N) is 1. The molecule has 11 heavy (non-hydrogen) atoms. The van der Waals surface area contributed by atoms with E-state index in [4.69, 9.17) is 0 Å². The predicted octanol–water partition coefficient (Wildman–Crippen LogP) is -0.126. The Balaban J connectivity index is 2.32. The molecule has 0 aliphatic heterocycles. The molecule has 0 amide bonds. The van der Waals surface area contributed by atoms with Gasteiger partial charge in [0.15, 0.2) is 0 Å². The zero-order valence-electron chi connectivity index (χ0n) is 6.42. The van der Waals surface area contributed by atoms with Gasteiger partial charge in [-0.3, -0.25) is 4.68 Å². The average molecular weight is 158 g/mol. The van der Waals surface area contributed by atoms with E-state index >= 15 is 0 Å². The molecule has 5 heteroatoms. The molecule has 1 aromatic rings. The molecule has 1 rings (SSSR count). The Morgan fingerprint density at radius 1 is 1.73 bits per heavy atom. The molecule has 1 N–H and O–H groups in total. The van der Waals surface area contributed by atoms with Crippen LogP contribution in [0.25, 0.3) is 0 Å². The topological polar surface area (TPSA) is 42.7 Å². The number of rotatable bonds is 4. The van der Waals surface area contributed by atoms with Crippen LogP contribution in [-0.2, 0) is 13.6 Å². The highest BCUT2D eigenvalue weighted by atomic mass is 19.1. The van der Waals surface area contributed by atoms with E-state index in [0.29, 0.717) is 13.1 Å². The van der Waals surface area contributed by atoms with Crippen molar-refractivity contribution in [3.63, 3.8) is 0 Å². The number of alkyl halides is 1. The molecule has 0 aromatic carbocycles. The van der Waals surface area contributed by atoms with Crippen molar-refractivity contribution >= 4 is 0 Å². The zero-order chi connectivity index (χ0) is 8.10. The predicted molar refractivity (Wildman–Crippen MR) is 38.7 cm³/mol. The lowest BCUT2D eigenvalue weighted by Crippen LogP contribution is -2.18. The van der Waals surface area contributed by atoms with Gasteiger partial charge in [-0.2, -0.15) is 5.10 Å². The summed E-state index contributed by atoms with van der Waals surface area (Å²) in [7, 11) is 1.81. The Morgan fingerprint density at radius 3 is 3.09 bits per heavy atom. The first-order chi connectivity index (χ1) is 5.34. The largest absolute Gasteiger partial charge is 0.307 e. The molecule has 0 atom stereocenters. The second kappa shape index (κ2) is 4.02. The highest BCUT2D eigenvalue weighted by molar-refractivity contribution is 4.81. The fourth-order valence-corrected chi connectivity index (χ4v) is 0.747. The zero-order valence-corrected chi connectivity index (χ0v) is 6.42. The van der Waals surface area contributed by atoms with E-state index in [1.165, 1.54) is 6.33 Å². The first-order valence-corrected chi connectivity index (χ1v) is 3.44. The number of hydrogen-bond donors (Lipinski definition) is 1. The van der Waals surface area contributed by atoms with Crippen molar-refractivity contribution in [2.45, 2.75) is 6.54 Å². The maximum Gasteiger partial charge on any atom is 0.140 e. The normalized spacial score (nSPS) is 10.4. The molecule has 0 radical (unpaired) electrons. The molecule has 62 valence electrons. The van der Waals surface area contributed by atoms with Gasteiger partial charge < -0.3 is 5.32 Å². The Hall–Kier alpha value is -0.970. The van der Waals surface area contributed by atoms with Crippen LogP contribution in [-0.4, -0.2) is 28.0 Å². The van der Waals surface area contributed by atoms with Gasteiger partial charge in [-0.1, -0.05) is 0 Å². The molecule has 0 aliphatic rings. The summed E-state index contributed by atoms with van der Waals surface area (Å²) in [5.74, 6) is 0.818. The van der Waals surface area contributed by atoms with Crippen LogP contribution in [0.15, 0.2) is 6.33 Å². The SMILES string of the molecule is Cn1ncnc1CNCCF. The van der Waals surface area contributed by atoms with Crippen LogP contribution in [0.2, 0.25) is 0 Å². The minimum Gasteiger partial charge on any atom is -0.307 e. The molecular formula is C6H11FN4. The summed E-state index contributed by atoms with van der Waals surface area (Å²) in [5, 5.41) is 6.75. The quantitative estimate of drug-likeness (QED) is 0.621. The van der Waals surface area contributed by atoms with Crippen molar-refractivity contribution < 1.29 is 4.39 Å². The number of hydrogen-bond acceptors (Lipinski definition) is 3. The molecule has 4 nitrogen and oxygen atoms in total. The fraction of sp³-hybridized carbons (Fsp3) is 0.667. The molecule has 0 unspecified atom stereocenters. The van der Waals surface area contributed by atoms with Gasteiger partial charge in [0, 0.05) is 13.6 Å². The number of halogens is 1. The Kier molecular flexibility index (Phi) is 2.97. The third-order valence-electron chi connectivity index (χ3n) is 1.36. The van der Waals surface area contributed by atoms with Gasteiger partial charge in [0.2, 0.25) is 0 Å². The smallest absolute Gasteiger partial charge is 0.140 e. The molecule has 1 aromatic heterocycles. The highest BCUT2D eigenvalue weighted by Gasteiger charge is 1.97. The summed E-state index contributed by atoms with van der Waals surface area (Å²) < 4.78 is 13.3. The number of aryl methyl sites for hydroxylation is 1. The summed E-state index contributed by atoms with van der Waals surface area (Å²) in [6.45, 7) is 0.588. The fourth-order valence-electron chi connectivity index (χ4n) is 0.747. The minimum absolute atomic E-state index is 0.349. The summed E-state index contributed by atoms with van der Waals surface area (Å²) in [5.41, 5.74) is 0. The molecule has 0 saturated heterocycles. The van der Waals surface area contributed by atoms with Crippen molar-refractivity contribution in [1.29, 1.82) is 0 Å². The lowest BCUT2D eigenvalue weighted by atomic mass is 10.5. The molecule has 0 spiro atoms. The van der Waals surface area contributed by atoms with Crippen LogP contribution >= 0.6 is 0 Å². The van der Waals surface area contributed by atoms with Crippen LogP contribution in [0.5, 0.6) is 0 Å². The van der Waals surface area contributed by atoms with Gasteiger partial charge in [0.05, 0.1) is 6.54 Å². The van der Waals surface area contributed by atoms with E-state index in [-0.39, 0.29) is 6.67 Å². The maximum atomic E-state index is 11.6. The summed E-state index contributed by atoms with van der Waals surface area (Å²) in [4.78, 5) is 3.95. The Bertz CT molecular complexity index is 210. The van der Waals surface area contributed by atoms with E-state index in [9.17, 15) is 4.39 Å². The average Bonchev–Trinajstić information content (AvgIpc) is 2.37. The van der Waals surface area contributed by atoms with Crippen molar-refractivity contribution in [1.82, 2.24) is 20.1 Å². The highest BCUT2D eigenvalue weighted by Crippen LogP contribution is 1.87. The van der Waals surface area contributed by atoms with Gasteiger partial charge >= 0.3 is 0 Å². The van der Waals surface area contributed by atoms with Crippen LogP contribution < -0.4 is 5.32 Å². The van der Waals surface area contributed by atoms with E-state index in [1.807, 2.05) is 0 Å². The van der Waals surface area contributed by atoms with Crippen molar-refractivity contribution in [3.8, 4) is 0 Å². The molecule has 0 saturated carbocycles. The van der Waals surface area contributed by atoms with Crippen LogP contribution in [0.3, 0.4) is 0 Å². The van der Waals surface area contributed by atoms with E-state index < -0.39 is 0 Å². The Labute approximate surface area is 64.4 Å². The van der Waals surface area contributed by atoms with Crippen LogP contribution in [0.1, 0.15) is 5.82 Å². The summed E-state index contributed by atoms with van der Waals surface area (Å²) in [6, 6.07) is 0. The lowest BCUT2D eigenvalue weighted by Gasteiger charge is -1.99. The molecule has 0 fully saturated rings. The number of nitrogens with zero attached hydrogens (tertiary/aromatic N) is 3. The van der Waals surface area contributed by atoms with E-state index in [2.05, 4.69) is 15.4 Å². The monoisotopic (exact) mass is 158 g/mol. The van der Waals surface area contributed by atoms with Crippen molar-refractivity contribution in [3.05, 3.63) is 12.2 Å². The second-order valence-corrected chi connectivity index (χ2v) is 2.17. The molecular weight excluding hydrogens is 147 g/mol. The van der Waals surface area contributed by atoms with Crippen molar-refractivity contribution in [2.75, 3.05) is 13.2 Å². The Morgan fingerprint density at radius 2 is 2.55 bits per heavy atom. The molecule has 0 bridgehead atoms. The van der Waals surface area contributed by atoms with Crippen LogP contribution in [0, 0.1) is 0 Å². The van der Waals surface area contributed by atoms with Crippen LogP contribution in [0.4, 0.5) is 4.39 Å². The van der Waals surface area contributed by atoms with Gasteiger partial charge in [0.1, 0.15) is 18.8 Å².